The van der Waals surface area contributed by atoms with Gasteiger partial charge in [-0.25, -0.2) is 8.42 Å². The van der Waals surface area contributed by atoms with E-state index in [-0.39, 0.29) is 12.0 Å². The minimum atomic E-state index is -3.25. The molecule has 1 aliphatic carbocycles. The molecule has 0 unspecified atom stereocenters. The number of sulfonamides is 1. The van der Waals surface area contributed by atoms with Gasteiger partial charge in [0.05, 0.1) is 12.3 Å². The molecule has 7 nitrogen and oxygen atoms in total. The molecule has 8 heteroatoms. The maximum absolute atomic E-state index is 12.3. The van der Waals surface area contributed by atoms with E-state index in [1.807, 2.05) is 13.8 Å². The Kier molecular flexibility index (Phi) is 6.35. The van der Waals surface area contributed by atoms with E-state index in [4.69, 9.17) is 4.52 Å². The number of likely N-dealkylation sites (tertiary alicyclic amines) is 1. The quantitative estimate of drug-likeness (QED) is 0.672. The molecule has 0 amide bonds. The molecular weight excluding hydrogens is 352 g/mol. The fraction of sp³-hybridized carbons (Fsp3) is 0.889. The topological polar surface area (TPSA) is 79.5 Å². The predicted octanol–water partition coefficient (Wildman–Crippen LogP) is 2.40. The van der Waals surface area contributed by atoms with E-state index in [0.29, 0.717) is 30.7 Å². The van der Waals surface area contributed by atoms with Crippen molar-refractivity contribution in [2.75, 3.05) is 25.9 Å². The maximum atomic E-state index is 12.3. The third kappa shape index (κ3) is 4.84. The second-order valence-electron chi connectivity index (χ2n) is 8.08. The van der Waals surface area contributed by atoms with Crippen LogP contribution in [0.5, 0.6) is 0 Å². The first-order chi connectivity index (χ1) is 12.3. The molecule has 2 fully saturated rings. The van der Waals surface area contributed by atoms with Crippen LogP contribution in [0.15, 0.2) is 4.52 Å². The summed E-state index contributed by atoms with van der Waals surface area (Å²) in [6.45, 7) is 6.11. The van der Waals surface area contributed by atoms with Gasteiger partial charge in [0.25, 0.3) is 0 Å². The number of rotatable bonds is 7. The number of aromatic nitrogens is 2. The molecule has 1 aromatic heterocycles. The first-order valence-corrected chi connectivity index (χ1v) is 11.7. The Morgan fingerprint density at radius 3 is 2.38 bits per heavy atom. The Morgan fingerprint density at radius 2 is 1.85 bits per heavy atom. The van der Waals surface area contributed by atoms with Gasteiger partial charge in [0.15, 0.2) is 5.82 Å². The van der Waals surface area contributed by atoms with Gasteiger partial charge in [-0.2, -0.15) is 9.29 Å². The van der Waals surface area contributed by atoms with E-state index >= 15 is 0 Å². The third-order valence-electron chi connectivity index (χ3n) is 5.60. The van der Waals surface area contributed by atoms with E-state index in [2.05, 4.69) is 15.0 Å². The Labute approximate surface area is 157 Å². The zero-order valence-electron chi connectivity index (χ0n) is 16.2. The van der Waals surface area contributed by atoms with Crippen LogP contribution in [-0.4, -0.2) is 65.7 Å². The van der Waals surface area contributed by atoms with Crippen molar-refractivity contribution in [3.05, 3.63) is 11.7 Å². The Balaban J connectivity index is 1.55. The molecule has 1 aromatic rings. The lowest BCUT2D eigenvalue weighted by Crippen LogP contribution is -2.63. The molecule has 0 bridgehead atoms. The Morgan fingerprint density at radius 1 is 1.19 bits per heavy atom. The molecule has 0 radical (unpaired) electrons. The number of hydrogen-bond donors (Lipinski definition) is 0. The van der Waals surface area contributed by atoms with Crippen LogP contribution in [0.1, 0.15) is 70.0 Å². The van der Waals surface area contributed by atoms with Crippen molar-refractivity contribution in [3.63, 3.8) is 0 Å². The molecule has 3 rings (SSSR count). The van der Waals surface area contributed by atoms with E-state index in [0.717, 1.165) is 13.1 Å². The van der Waals surface area contributed by atoms with Crippen molar-refractivity contribution in [2.45, 2.75) is 76.8 Å². The zero-order chi connectivity index (χ0) is 18.7. The molecule has 2 heterocycles. The summed E-state index contributed by atoms with van der Waals surface area (Å²) in [5.74, 6) is 1.37. The van der Waals surface area contributed by atoms with E-state index in [1.54, 1.807) is 4.31 Å². The summed E-state index contributed by atoms with van der Waals surface area (Å²) in [6, 6.07) is 0.714. The Bertz CT molecular complexity index is 674. The van der Waals surface area contributed by atoms with Gasteiger partial charge in [-0.3, -0.25) is 4.90 Å². The summed E-state index contributed by atoms with van der Waals surface area (Å²) in [4.78, 5) is 6.83. The summed E-state index contributed by atoms with van der Waals surface area (Å²) in [7, 11) is -3.25. The van der Waals surface area contributed by atoms with Crippen LogP contribution >= 0.6 is 0 Å². The van der Waals surface area contributed by atoms with E-state index < -0.39 is 10.0 Å². The first-order valence-electron chi connectivity index (χ1n) is 9.88. The van der Waals surface area contributed by atoms with Crippen LogP contribution in [0.2, 0.25) is 0 Å². The molecule has 1 aliphatic heterocycles. The first kappa shape index (κ1) is 19.8. The van der Waals surface area contributed by atoms with Gasteiger partial charge in [0, 0.05) is 38.0 Å². The normalized spacial score (nSPS) is 21.3. The van der Waals surface area contributed by atoms with Crippen LogP contribution in [0.25, 0.3) is 0 Å². The minimum absolute atomic E-state index is 0.0738. The van der Waals surface area contributed by atoms with Crippen molar-refractivity contribution in [1.29, 1.82) is 0 Å². The van der Waals surface area contributed by atoms with Crippen molar-refractivity contribution < 1.29 is 12.9 Å². The lowest BCUT2D eigenvalue weighted by molar-refractivity contribution is 0.0342. The van der Waals surface area contributed by atoms with Gasteiger partial charge < -0.3 is 4.52 Å². The predicted molar refractivity (Wildman–Crippen MR) is 100 cm³/mol. The highest BCUT2D eigenvalue weighted by Gasteiger charge is 2.39. The molecule has 148 valence electrons. The molecule has 0 N–H and O–H groups in total. The molecular formula is C18H32N4O3S. The van der Waals surface area contributed by atoms with Gasteiger partial charge in [-0.1, -0.05) is 44.7 Å². The number of hydrogen-bond acceptors (Lipinski definition) is 6. The third-order valence-corrected chi connectivity index (χ3v) is 6.93. The molecule has 0 aromatic carbocycles. The second-order valence-corrected chi connectivity index (χ2v) is 10.0. The zero-order valence-corrected chi connectivity index (χ0v) is 17.0. The molecule has 0 spiro atoms. The van der Waals surface area contributed by atoms with Crippen molar-refractivity contribution in [2.24, 2.45) is 0 Å². The van der Waals surface area contributed by atoms with Gasteiger partial charge >= 0.3 is 0 Å². The number of nitrogens with zero attached hydrogens (tertiary/aromatic N) is 4. The maximum Gasteiger partial charge on any atom is 0.229 e. The highest BCUT2D eigenvalue weighted by atomic mass is 32.2. The summed E-state index contributed by atoms with van der Waals surface area (Å²) >= 11 is 0. The fourth-order valence-corrected chi connectivity index (χ4v) is 5.12. The highest BCUT2D eigenvalue weighted by Crippen LogP contribution is 2.28. The fourth-order valence-electron chi connectivity index (χ4n) is 4.02. The van der Waals surface area contributed by atoms with Crippen molar-refractivity contribution >= 4 is 10.0 Å². The minimum Gasteiger partial charge on any atom is -0.339 e. The van der Waals surface area contributed by atoms with Crippen LogP contribution in [-0.2, 0) is 16.4 Å². The largest absolute Gasteiger partial charge is 0.339 e. The smallest absolute Gasteiger partial charge is 0.229 e. The van der Waals surface area contributed by atoms with Gasteiger partial charge in [-0.15, -0.1) is 0 Å². The van der Waals surface area contributed by atoms with E-state index in [9.17, 15) is 8.42 Å². The monoisotopic (exact) mass is 384 g/mol. The van der Waals surface area contributed by atoms with Gasteiger partial charge in [-0.05, 0) is 12.8 Å². The van der Waals surface area contributed by atoms with Crippen molar-refractivity contribution in [3.8, 4) is 0 Å². The van der Waals surface area contributed by atoms with Gasteiger partial charge in [0.1, 0.15) is 0 Å². The van der Waals surface area contributed by atoms with E-state index in [1.165, 1.54) is 44.8 Å². The summed E-state index contributed by atoms with van der Waals surface area (Å²) in [6.07, 6.45) is 9.59. The standard InChI is InChI=1S/C18H32N4O3S/c1-14(2)18-19-17(20-25-18)10-11-22(26(3,23)24)16-12-21(13-16)15-8-6-4-5-7-9-15/h14-16H,4-13H2,1-3H3. The van der Waals surface area contributed by atoms with Crippen molar-refractivity contribution in [1.82, 2.24) is 19.3 Å². The van der Waals surface area contributed by atoms with Crippen LogP contribution in [0.3, 0.4) is 0 Å². The van der Waals surface area contributed by atoms with Crippen LogP contribution in [0, 0.1) is 0 Å². The summed E-state index contributed by atoms with van der Waals surface area (Å²) < 4.78 is 31.4. The molecule has 1 saturated carbocycles. The van der Waals surface area contributed by atoms with Gasteiger partial charge in [0.2, 0.25) is 15.9 Å². The lowest BCUT2D eigenvalue weighted by atomic mass is 10.00. The molecule has 2 aliphatic rings. The molecule has 26 heavy (non-hydrogen) atoms. The molecule has 0 atom stereocenters. The average Bonchev–Trinajstić information content (AvgIpc) is 2.84. The summed E-state index contributed by atoms with van der Waals surface area (Å²) in [5, 5.41) is 3.98. The SMILES string of the molecule is CC(C)c1nc(CCN(C2CN(C3CCCCCC3)C2)S(C)(=O)=O)no1. The molecule has 1 saturated heterocycles. The Hall–Kier alpha value is -0.990. The highest BCUT2D eigenvalue weighted by molar-refractivity contribution is 7.88. The van der Waals surface area contributed by atoms with Crippen LogP contribution in [0.4, 0.5) is 0 Å². The average molecular weight is 385 g/mol. The second kappa shape index (κ2) is 8.35. The van der Waals surface area contributed by atoms with Crippen LogP contribution < -0.4 is 0 Å². The lowest BCUT2D eigenvalue weighted by Gasteiger charge is -2.48. The summed E-state index contributed by atoms with van der Waals surface area (Å²) in [5.41, 5.74) is 0.